The highest BCUT2D eigenvalue weighted by atomic mass is 32.1. The van der Waals surface area contributed by atoms with Crippen LogP contribution in [0.15, 0.2) is 60.0 Å². The second-order valence-corrected chi connectivity index (χ2v) is 7.04. The Labute approximate surface area is 173 Å². The van der Waals surface area contributed by atoms with Crippen LogP contribution in [0.1, 0.15) is 17.7 Å². The van der Waals surface area contributed by atoms with E-state index in [4.69, 9.17) is 4.74 Å². The van der Waals surface area contributed by atoms with Crippen molar-refractivity contribution in [3.05, 3.63) is 71.2 Å². The van der Waals surface area contributed by atoms with Gasteiger partial charge in [-0.1, -0.05) is 36.4 Å². The molecule has 0 saturated heterocycles. The molecule has 0 fully saturated rings. The maximum absolute atomic E-state index is 12.1. The second kappa shape index (κ2) is 10.2. The lowest BCUT2D eigenvalue weighted by Gasteiger charge is -2.09. The number of aromatic nitrogens is 1. The van der Waals surface area contributed by atoms with Crippen molar-refractivity contribution in [3.63, 3.8) is 0 Å². The third kappa shape index (κ3) is 6.32. The zero-order chi connectivity index (χ0) is 20.5. The van der Waals surface area contributed by atoms with E-state index < -0.39 is 0 Å². The van der Waals surface area contributed by atoms with E-state index in [9.17, 15) is 9.59 Å². The molecule has 0 aliphatic rings. The Bertz CT molecular complexity index is 959. The largest absolute Gasteiger partial charge is 0.496 e. The number of ether oxygens (including phenoxy) is 1. The van der Waals surface area contributed by atoms with Crippen molar-refractivity contribution < 1.29 is 14.3 Å². The first-order valence-corrected chi connectivity index (χ1v) is 9.98. The normalized spacial score (nSPS) is 10.2. The fourth-order valence-corrected chi connectivity index (χ4v) is 3.37. The van der Waals surface area contributed by atoms with Gasteiger partial charge in [0, 0.05) is 29.6 Å². The molecule has 0 spiro atoms. The summed E-state index contributed by atoms with van der Waals surface area (Å²) in [6.07, 6.45) is 0.810. The summed E-state index contributed by atoms with van der Waals surface area (Å²) < 4.78 is 5.28. The molecule has 29 heavy (non-hydrogen) atoms. The molecule has 0 bridgehead atoms. The number of anilines is 2. The molecule has 8 heteroatoms. The van der Waals surface area contributed by atoms with E-state index in [2.05, 4.69) is 20.9 Å². The maximum Gasteiger partial charge on any atom is 0.325 e. The average molecular weight is 410 g/mol. The van der Waals surface area contributed by atoms with Crippen molar-refractivity contribution in [3.8, 4) is 5.75 Å². The predicted octanol–water partition coefficient (Wildman–Crippen LogP) is 4.04. The molecule has 7 nitrogen and oxygen atoms in total. The molecule has 3 amide bonds. The molecule has 2 aromatic carbocycles. The molecule has 1 heterocycles. The maximum atomic E-state index is 12.1. The van der Waals surface area contributed by atoms with Gasteiger partial charge in [0.15, 0.2) is 5.13 Å². The average Bonchev–Trinajstić information content (AvgIpc) is 3.18. The minimum absolute atomic E-state index is 0.0692. The van der Waals surface area contributed by atoms with E-state index in [0.29, 0.717) is 30.2 Å². The van der Waals surface area contributed by atoms with Gasteiger partial charge in [-0.05, 0) is 24.6 Å². The number of methoxy groups -OCH3 is 1. The number of carbonyl (C=O) groups excluding carboxylic acids is 2. The van der Waals surface area contributed by atoms with E-state index >= 15 is 0 Å². The summed E-state index contributed by atoms with van der Waals surface area (Å²) in [5, 5.41) is 10.6. The van der Waals surface area contributed by atoms with Crippen molar-refractivity contribution in [2.45, 2.75) is 19.4 Å². The van der Waals surface area contributed by atoms with Crippen LogP contribution in [0, 0.1) is 0 Å². The number of hydrogen-bond acceptors (Lipinski definition) is 5. The van der Waals surface area contributed by atoms with Crippen LogP contribution in [-0.4, -0.2) is 24.0 Å². The van der Waals surface area contributed by atoms with Gasteiger partial charge in [0.25, 0.3) is 0 Å². The van der Waals surface area contributed by atoms with Crippen LogP contribution in [0.3, 0.4) is 0 Å². The van der Waals surface area contributed by atoms with E-state index in [1.54, 1.807) is 19.2 Å². The number of urea groups is 1. The van der Waals surface area contributed by atoms with Crippen molar-refractivity contribution in [1.82, 2.24) is 10.3 Å². The number of hydrogen-bond donors (Lipinski definition) is 3. The highest BCUT2D eigenvalue weighted by Crippen LogP contribution is 2.18. The van der Waals surface area contributed by atoms with Crippen LogP contribution in [0.2, 0.25) is 0 Å². The molecule has 1 aromatic heterocycles. The molecule has 0 atom stereocenters. The van der Waals surface area contributed by atoms with Crippen LogP contribution in [0.4, 0.5) is 15.6 Å². The second-order valence-electron chi connectivity index (χ2n) is 6.18. The molecule has 150 valence electrons. The zero-order valence-electron chi connectivity index (χ0n) is 16.0. The number of rotatable bonds is 8. The van der Waals surface area contributed by atoms with Gasteiger partial charge in [0.1, 0.15) is 5.75 Å². The zero-order valence-corrected chi connectivity index (χ0v) is 16.8. The number of carbonyl (C=O) groups is 2. The molecule has 0 aliphatic heterocycles. The summed E-state index contributed by atoms with van der Waals surface area (Å²) in [4.78, 5) is 28.5. The number of amides is 3. The molecule has 0 aliphatic carbocycles. The van der Waals surface area contributed by atoms with Gasteiger partial charge in [-0.3, -0.25) is 10.1 Å². The highest BCUT2D eigenvalue weighted by molar-refractivity contribution is 7.13. The van der Waals surface area contributed by atoms with Crippen molar-refractivity contribution in [2.24, 2.45) is 0 Å². The van der Waals surface area contributed by atoms with E-state index in [1.165, 1.54) is 11.3 Å². The first kappa shape index (κ1) is 20.3. The topological polar surface area (TPSA) is 92.4 Å². The Morgan fingerprint density at radius 3 is 2.59 bits per heavy atom. The number of nitrogens with zero attached hydrogens (tertiary/aromatic N) is 1. The van der Waals surface area contributed by atoms with Crippen LogP contribution >= 0.6 is 11.3 Å². The lowest BCUT2D eigenvalue weighted by atomic mass is 10.2. The summed E-state index contributed by atoms with van der Waals surface area (Å²) in [7, 11) is 1.61. The SMILES string of the molecule is COc1ccccc1CNC(=O)CCc1csc(NC(=O)Nc2ccccc2)n1. The van der Waals surface area contributed by atoms with Crippen LogP contribution in [-0.2, 0) is 17.8 Å². The number of para-hydroxylation sites is 2. The molecular formula is C21H22N4O3S. The third-order valence-corrected chi connectivity index (χ3v) is 4.89. The minimum atomic E-state index is -0.355. The van der Waals surface area contributed by atoms with Gasteiger partial charge in [0.2, 0.25) is 5.91 Å². The van der Waals surface area contributed by atoms with Gasteiger partial charge >= 0.3 is 6.03 Å². The van der Waals surface area contributed by atoms with E-state index in [-0.39, 0.29) is 11.9 Å². The fourth-order valence-electron chi connectivity index (χ4n) is 2.63. The number of thiazole rings is 1. The molecule has 0 radical (unpaired) electrons. The van der Waals surface area contributed by atoms with Crippen molar-refractivity contribution in [2.75, 3.05) is 17.7 Å². The summed E-state index contributed by atoms with van der Waals surface area (Å²) in [6.45, 7) is 0.409. The standard InChI is InChI=1S/C21H22N4O3S/c1-28-18-10-6-5-7-15(18)13-22-19(26)12-11-17-14-29-21(24-17)25-20(27)23-16-8-3-2-4-9-16/h2-10,14H,11-13H2,1H3,(H,22,26)(H2,23,24,25,27). The van der Waals surface area contributed by atoms with Gasteiger partial charge in [-0.15, -0.1) is 11.3 Å². The Hall–Kier alpha value is -3.39. The lowest BCUT2D eigenvalue weighted by molar-refractivity contribution is -0.121. The summed E-state index contributed by atoms with van der Waals surface area (Å²) in [5.74, 6) is 0.678. The van der Waals surface area contributed by atoms with Gasteiger partial charge in [-0.25, -0.2) is 9.78 Å². The fraction of sp³-hybridized carbons (Fsp3) is 0.190. The Morgan fingerprint density at radius 2 is 1.79 bits per heavy atom. The Kier molecular flexibility index (Phi) is 7.18. The summed E-state index contributed by atoms with van der Waals surface area (Å²) in [6, 6.07) is 16.4. The summed E-state index contributed by atoms with van der Waals surface area (Å²) in [5.41, 5.74) is 2.39. The monoisotopic (exact) mass is 410 g/mol. The number of benzene rings is 2. The molecular weight excluding hydrogens is 388 g/mol. The van der Waals surface area contributed by atoms with E-state index in [0.717, 1.165) is 17.0 Å². The van der Waals surface area contributed by atoms with Gasteiger partial charge < -0.3 is 15.4 Å². The molecule has 3 N–H and O–H groups in total. The smallest absolute Gasteiger partial charge is 0.325 e. The van der Waals surface area contributed by atoms with Crippen molar-refractivity contribution >= 4 is 34.1 Å². The predicted molar refractivity (Wildman–Crippen MR) is 114 cm³/mol. The molecule has 3 aromatic rings. The van der Waals surface area contributed by atoms with Gasteiger partial charge in [-0.2, -0.15) is 0 Å². The highest BCUT2D eigenvalue weighted by Gasteiger charge is 2.09. The lowest BCUT2D eigenvalue weighted by Crippen LogP contribution is -2.23. The van der Waals surface area contributed by atoms with Gasteiger partial charge in [0.05, 0.1) is 12.8 Å². The van der Waals surface area contributed by atoms with Crippen molar-refractivity contribution in [1.29, 1.82) is 0 Å². The Morgan fingerprint density at radius 1 is 1.03 bits per heavy atom. The van der Waals surface area contributed by atoms with Crippen LogP contribution in [0.5, 0.6) is 5.75 Å². The third-order valence-electron chi connectivity index (χ3n) is 4.08. The minimum Gasteiger partial charge on any atom is -0.496 e. The van der Waals surface area contributed by atoms with Crippen LogP contribution in [0.25, 0.3) is 0 Å². The quantitative estimate of drug-likeness (QED) is 0.522. The van der Waals surface area contributed by atoms with Crippen LogP contribution < -0.4 is 20.7 Å². The molecule has 0 unspecified atom stereocenters. The molecule has 0 saturated carbocycles. The first-order chi connectivity index (χ1) is 14.1. The molecule has 3 rings (SSSR count). The Balaban J connectivity index is 1.42. The first-order valence-electron chi connectivity index (χ1n) is 9.10. The number of nitrogens with one attached hydrogen (secondary N) is 3. The number of aryl methyl sites for hydroxylation is 1. The summed E-state index contributed by atoms with van der Waals surface area (Å²) >= 11 is 1.32. The van der Waals surface area contributed by atoms with E-state index in [1.807, 2.05) is 47.8 Å².